The van der Waals surface area contributed by atoms with E-state index in [2.05, 4.69) is 5.32 Å². The first-order valence-corrected chi connectivity index (χ1v) is 8.21. The molecule has 0 aliphatic heterocycles. The summed E-state index contributed by atoms with van der Waals surface area (Å²) in [5.74, 6) is 0.194. The van der Waals surface area contributed by atoms with Crippen LogP contribution in [-0.2, 0) is 0 Å². The Labute approximate surface area is 153 Å². The first kappa shape index (κ1) is 18.9. The maximum atomic E-state index is 11.7. The number of carbonyl (C=O) groups excluding carboxylic acids is 2. The van der Waals surface area contributed by atoms with Crippen LogP contribution in [0.25, 0.3) is 0 Å². The zero-order valence-electron chi connectivity index (χ0n) is 14.8. The molecule has 4 heteroatoms. The average molecular weight is 347 g/mol. The normalized spacial score (nSPS) is 9.46. The molecule has 0 aromatic heterocycles. The van der Waals surface area contributed by atoms with Crippen LogP contribution >= 0.6 is 0 Å². The van der Waals surface area contributed by atoms with Crippen LogP contribution in [0.4, 0.5) is 0 Å². The van der Waals surface area contributed by atoms with E-state index in [-0.39, 0.29) is 11.9 Å². The molecule has 3 rings (SSSR count). The van der Waals surface area contributed by atoms with Crippen molar-refractivity contribution in [2.24, 2.45) is 0 Å². The summed E-state index contributed by atoms with van der Waals surface area (Å²) in [7, 11) is 1.62. The third-order valence-corrected chi connectivity index (χ3v) is 3.50. The molecule has 0 heterocycles. The number of carbonyl (C=O) groups is 2. The molecule has 26 heavy (non-hydrogen) atoms. The van der Waals surface area contributed by atoms with Gasteiger partial charge in [-0.15, -0.1) is 0 Å². The Bertz CT molecular complexity index is 828. The summed E-state index contributed by atoms with van der Waals surface area (Å²) in [6.45, 7) is 1.98. The third kappa shape index (κ3) is 5.91. The quantitative estimate of drug-likeness (QED) is 0.569. The van der Waals surface area contributed by atoms with Crippen LogP contribution in [0.2, 0.25) is 0 Å². The van der Waals surface area contributed by atoms with E-state index in [9.17, 15) is 9.59 Å². The maximum absolute atomic E-state index is 11.7. The van der Waals surface area contributed by atoms with E-state index >= 15 is 0 Å². The highest BCUT2D eigenvalue weighted by Crippen LogP contribution is 2.12. The SMILES string of the molecule is CNC(=O)c1ccccc1.Cc1ccc(C(=O)Oc2ccccc2)cc1. The molecule has 1 amide bonds. The van der Waals surface area contributed by atoms with E-state index in [1.165, 1.54) is 0 Å². The van der Waals surface area contributed by atoms with Gasteiger partial charge in [0.15, 0.2) is 0 Å². The van der Waals surface area contributed by atoms with Crippen LogP contribution in [0, 0.1) is 6.92 Å². The Balaban J connectivity index is 0.000000209. The van der Waals surface area contributed by atoms with E-state index in [1.54, 1.807) is 43.4 Å². The van der Waals surface area contributed by atoms with Crippen molar-refractivity contribution in [1.29, 1.82) is 0 Å². The summed E-state index contributed by atoms with van der Waals surface area (Å²) in [4.78, 5) is 22.6. The standard InChI is InChI=1S/C14H12O2.C8H9NO/c1-11-7-9-12(10-8-11)14(15)16-13-5-3-2-4-6-13;1-9-8(10)7-5-3-2-4-6-7/h2-10H,1H3;2-6H,1H3,(H,9,10). The molecule has 0 radical (unpaired) electrons. The predicted molar refractivity (Wildman–Crippen MR) is 102 cm³/mol. The Morgan fingerprint density at radius 3 is 1.81 bits per heavy atom. The minimum absolute atomic E-state index is 0.0411. The van der Waals surface area contributed by atoms with Crippen molar-refractivity contribution >= 4 is 11.9 Å². The fourth-order valence-corrected chi connectivity index (χ4v) is 2.08. The van der Waals surface area contributed by atoms with Crippen molar-refractivity contribution in [3.05, 3.63) is 102 Å². The number of esters is 1. The van der Waals surface area contributed by atoms with Gasteiger partial charge in [-0.1, -0.05) is 54.1 Å². The second-order valence-electron chi connectivity index (χ2n) is 5.51. The van der Waals surface area contributed by atoms with Gasteiger partial charge in [-0.2, -0.15) is 0 Å². The molecule has 0 aliphatic rings. The first-order valence-electron chi connectivity index (χ1n) is 8.21. The molecule has 1 N–H and O–H groups in total. The van der Waals surface area contributed by atoms with Gasteiger partial charge in [0.2, 0.25) is 0 Å². The van der Waals surface area contributed by atoms with Crippen LogP contribution in [0.15, 0.2) is 84.9 Å². The lowest BCUT2D eigenvalue weighted by atomic mass is 10.1. The lowest BCUT2D eigenvalue weighted by Gasteiger charge is -2.03. The van der Waals surface area contributed by atoms with Crippen LogP contribution in [0.5, 0.6) is 5.75 Å². The second kappa shape index (κ2) is 9.79. The fraction of sp³-hybridized carbons (Fsp3) is 0.0909. The highest BCUT2D eigenvalue weighted by atomic mass is 16.5. The number of hydrogen-bond acceptors (Lipinski definition) is 3. The summed E-state index contributed by atoms with van der Waals surface area (Å²) in [5.41, 5.74) is 2.38. The fourth-order valence-electron chi connectivity index (χ4n) is 2.08. The van der Waals surface area contributed by atoms with Gasteiger partial charge in [-0.05, 0) is 43.3 Å². The number of rotatable bonds is 3. The largest absolute Gasteiger partial charge is 0.423 e. The second-order valence-corrected chi connectivity index (χ2v) is 5.51. The van der Waals surface area contributed by atoms with Crippen LogP contribution < -0.4 is 10.1 Å². The number of amides is 1. The molecule has 0 atom stereocenters. The lowest BCUT2D eigenvalue weighted by molar-refractivity contribution is 0.0734. The molecule has 0 saturated heterocycles. The van der Waals surface area contributed by atoms with Gasteiger partial charge < -0.3 is 10.1 Å². The van der Waals surface area contributed by atoms with Gasteiger partial charge in [0.1, 0.15) is 5.75 Å². The summed E-state index contributed by atoms with van der Waals surface area (Å²) >= 11 is 0. The minimum atomic E-state index is -0.328. The molecule has 0 fully saturated rings. The first-order chi connectivity index (χ1) is 12.6. The van der Waals surface area contributed by atoms with Crippen molar-refractivity contribution in [3.63, 3.8) is 0 Å². The average Bonchev–Trinajstić information content (AvgIpc) is 2.70. The molecular formula is C22H21NO3. The molecule has 0 spiro atoms. The summed E-state index contributed by atoms with van der Waals surface area (Å²) < 4.78 is 5.20. The van der Waals surface area contributed by atoms with Crippen molar-refractivity contribution in [2.45, 2.75) is 6.92 Å². The van der Waals surface area contributed by atoms with Gasteiger partial charge in [0, 0.05) is 12.6 Å². The van der Waals surface area contributed by atoms with Crippen molar-refractivity contribution < 1.29 is 14.3 Å². The number of hydrogen-bond donors (Lipinski definition) is 1. The maximum Gasteiger partial charge on any atom is 0.343 e. The van der Waals surface area contributed by atoms with Crippen LogP contribution in [-0.4, -0.2) is 18.9 Å². The van der Waals surface area contributed by atoms with Crippen molar-refractivity contribution in [1.82, 2.24) is 5.32 Å². The summed E-state index contributed by atoms with van der Waals surface area (Å²) in [6.07, 6.45) is 0. The Morgan fingerprint density at radius 2 is 1.27 bits per heavy atom. The third-order valence-electron chi connectivity index (χ3n) is 3.50. The van der Waals surface area contributed by atoms with Crippen LogP contribution in [0.1, 0.15) is 26.3 Å². The number of para-hydroxylation sites is 1. The van der Waals surface area contributed by atoms with Gasteiger partial charge in [-0.3, -0.25) is 4.79 Å². The minimum Gasteiger partial charge on any atom is -0.423 e. The highest BCUT2D eigenvalue weighted by molar-refractivity contribution is 5.93. The Morgan fingerprint density at radius 1 is 0.731 bits per heavy atom. The molecule has 4 nitrogen and oxygen atoms in total. The molecule has 0 saturated carbocycles. The smallest absolute Gasteiger partial charge is 0.343 e. The van der Waals surface area contributed by atoms with Gasteiger partial charge in [-0.25, -0.2) is 4.79 Å². The lowest BCUT2D eigenvalue weighted by Crippen LogP contribution is -2.17. The van der Waals surface area contributed by atoms with Gasteiger partial charge in [0.25, 0.3) is 5.91 Å². The molecule has 0 aliphatic carbocycles. The number of benzene rings is 3. The van der Waals surface area contributed by atoms with Crippen molar-refractivity contribution in [2.75, 3.05) is 7.05 Å². The van der Waals surface area contributed by atoms with E-state index < -0.39 is 0 Å². The Kier molecular flexibility index (Phi) is 7.13. The van der Waals surface area contributed by atoms with E-state index in [1.807, 2.05) is 55.5 Å². The zero-order chi connectivity index (χ0) is 18.8. The van der Waals surface area contributed by atoms with E-state index in [0.717, 1.165) is 5.56 Å². The zero-order valence-corrected chi connectivity index (χ0v) is 14.8. The molecule has 3 aromatic rings. The van der Waals surface area contributed by atoms with E-state index in [0.29, 0.717) is 16.9 Å². The summed E-state index contributed by atoms with van der Waals surface area (Å²) in [6, 6.07) is 25.5. The van der Waals surface area contributed by atoms with E-state index in [4.69, 9.17) is 4.74 Å². The Hall–Kier alpha value is -3.40. The predicted octanol–water partition coefficient (Wildman–Crippen LogP) is 4.26. The summed E-state index contributed by atoms with van der Waals surface area (Å²) in [5, 5.41) is 2.54. The number of ether oxygens (including phenoxy) is 1. The van der Waals surface area contributed by atoms with Crippen molar-refractivity contribution in [3.8, 4) is 5.75 Å². The topological polar surface area (TPSA) is 55.4 Å². The monoisotopic (exact) mass is 347 g/mol. The highest BCUT2D eigenvalue weighted by Gasteiger charge is 2.07. The van der Waals surface area contributed by atoms with Gasteiger partial charge >= 0.3 is 5.97 Å². The number of nitrogens with one attached hydrogen (secondary N) is 1. The molecule has 0 unspecified atom stereocenters. The molecule has 132 valence electrons. The number of aryl methyl sites for hydroxylation is 1. The molecule has 0 bridgehead atoms. The molecule has 3 aromatic carbocycles. The van der Waals surface area contributed by atoms with Crippen LogP contribution in [0.3, 0.4) is 0 Å². The molecular weight excluding hydrogens is 326 g/mol. The van der Waals surface area contributed by atoms with Gasteiger partial charge in [0.05, 0.1) is 5.56 Å².